The van der Waals surface area contributed by atoms with Gasteiger partial charge in [0.2, 0.25) is 6.17 Å². The number of halogens is 3. The Bertz CT molecular complexity index is 1110. The lowest BCUT2D eigenvalue weighted by Crippen LogP contribution is -2.36. The van der Waals surface area contributed by atoms with Crippen molar-refractivity contribution in [3.05, 3.63) is 47.2 Å². The van der Waals surface area contributed by atoms with E-state index < -0.39 is 17.9 Å². The Morgan fingerprint density at radius 1 is 1.14 bits per heavy atom. The second-order valence-electron chi connectivity index (χ2n) is 9.15. The van der Waals surface area contributed by atoms with Crippen LogP contribution in [0.25, 0.3) is 0 Å². The molecule has 2 aromatic rings. The highest BCUT2D eigenvalue weighted by Crippen LogP contribution is 2.39. The van der Waals surface area contributed by atoms with Crippen molar-refractivity contribution in [2.75, 3.05) is 38.2 Å². The quantitative estimate of drug-likeness (QED) is 0.541. The summed E-state index contributed by atoms with van der Waals surface area (Å²) in [6.45, 7) is 8.14. The van der Waals surface area contributed by atoms with E-state index in [0.717, 1.165) is 50.8 Å². The topological polar surface area (TPSA) is 56.8 Å². The molecule has 9 heteroatoms. The number of hydrogen-bond acceptors (Lipinski definition) is 5. The number of fused-ring (bicyclic) bond motifs is 1. The summed E-state index contributed by atoms with van der Waals surface area (Å²) in [6.07, 6.45) is -0.678. The van der Waals surface area contributed by atoms with Gasteiger partial charge in [-0.2, -0.15) is 18.4 Å². The van der Waals surface area contributed by atoms with E-state index in [2.05, 4.69) is 22.9 Å². The molecule has 0 spiro atoms. The largest absolute Gasteiger partial charge is 0.493 e. The van der Waals surface area contributed by atoms with Crippen LogP contribution in [0.2, 0.25) is 0 Å². The molecule has 0 saturated carbocycles. The Hall–Kier alpha value is -2.99. The zero-order valence-electron chi connectivity index (χ0n) is 20.5. The summed E-state index contributed by atoms with van der Waals surface area (Å²) in [6, 6.07) is 8.06. The van der Waals surface area contributed by atoms with Gasteiger partial charge in [-0.25, -0.2) is 4.99 Å². The summed E-state index contributed by atoms with van der Waals surface area (Å²) in [5, 5.41) is 9.60. The van der Waals surface area contributed by atoms with Crippen molar-refractivity contribution in [3.63, 3.8) is 0 Å². The highest BCUT2D eigenvalue weighted by Gasteiger charge is 2.36. The third-order valence-corrected chi connectivity index (χ3v) is 7.09. The fourth-order valence-electron chi connectivity index (χ4n) is 4.99. The molecular weight excluding hydrogens is 455 g/mol. The molecule has 1 aromatic heterocycles. The molecule has 0 bridgehead atoms. The van der Waals surface area contributed by atoms with Crippen molar-refractivity contribution < 1.29 is 17.9 Å². The molecule has 1 saturated heterocycles. The second kappa shape index (κ2) is 10.3. The van der Waals surface area contributed by atoms with Gasteiger partial charge in [-0.15, -0.1) is 0 Å². The number of nitrogens with zero attached hydrogens (tertiary/aromatic N) is 5. The molecule has 6 nitrogen and oxygen atoms in total. The molecule has 0 N–H and O–H groups in total. The van der Waals surface area contributed by atoms with Crippen LogP contribution in [0.4, 0.5) is 19.0 Å². The number of benzene rings is 1. The van der Waals surface area contributed by atoms with Crippen molar-refractivity contribution in [1.29, 1.82) is 5.26 Å². The molecule has 4 rings (SSSR count). The molecule has 0 aliphatic carbocycles. The molecular formula is C26H32F3N5O. The standard InChI is InChI=1S/C26H32F3N5O/c1-4-33-12-8-18(9-13-33)11-15-35-22-7-6-19(16-21(22)26(27,28)29)24-20-10-14-34(5-2)25(20)32(3)23(17-30)31-24/h6-7,10,14,16,18,23H,4-5,8-9,11-13,15H2,1-3H3. The second-order valence-corrected chi connectivity index (χ2v) is 9.15. The van der Waals surface area contributed by atoms with Crippen molar-refractivity contribution >= 4 is 11.5 Å². The fourth-order valence-corrected chi connectivity index (χ4v) is 4.99. The van der Waals surface area contributed by atoms with Crippen LogP contribution >= 0.6 is 0 Å². The number of hydrogen-bond donors (Lipinski definition) is 0. The average Bonchev–Trinajstić information content (AvgIpc) is 3.29. The first kappa shape index (κ1) is 25.1. The van der Waals surface area contributed by atoms with Gasteiger partial charge >= 0.3 is 6.18 Å². The van der Waals surface area contributed by atoms with Crippen LogP contribution < -0.4 is 9.64 Å². The van der Waals surface area contributed by atoms with Crippen LogP contribution in [-0.4, -0.2) is 54.6 Å². The molecule has 2 aliphatic rings. The van der Waals surface area contributed by atoms with Gasteiger partial charge < -0.3 is 19.1 Å². The zero-order chi connectivity index (χ0) is 25.2. The molecule has 1 unspecified atom stereocenters. The van der Waals surface area contributed by atoms with Gasteiger partial charge in [0.25, 0.3) is 0 Å². The van der Waals surface area contributed by atoms with Crippen molar-refractivity contribution in [1.82, 2.24) is 9.47 Å². The molecule has 0 radical (unpaired) electrons. The molecule has 1 aromatic carbocycles. The third kappa shape index (κ3) is 5.18. The lowest BCUT2D eigenvalue weighted by Gasteiger charge is -2.31. The Morgan fingerprint density at radius 3 is 2.51 bits per heavy atom. The summed E-state index contributed by atoms with van der Waals surface area (Å²) in [5.74, 6) is 1.08. The normalized spacial score (nSPS) is 19.3. The first-order chi connectivity index (χ1) is 16.8. The van der Waals surface area contributed by atoms with E-state index in [4.69, 9.17) is 4.74 Å². The van der Waals surface area contributed by atoms with Gasteiger partial charge in [0.05, 0.1) is 17.9 Å². The monoisotopic (exact) mass is 487 g/mol. The fraction of sp³-hybridized carbons (Fsp3) is 0.538. The van der Waals surface area contributed by atoms with E-state index in [1.165, 1.54) is 6.07 Å². The van der Waals surface area contributed by atoms with E-state index in [1.807, 2.05) is 23.8 Å². The molecule has 2 aliphatic heterocycles. The van der Waals surface area contributed by atoms with E-state index in [0.29, 0.717) is 29.3 Å². The number of rotatable bonds is 7. The van der Waals surface area contributed by atoms with Gasteiger partial charge in [0.1, 0.15) is 17.6 Å². The van der Waals surface area contributed by atoms with Crippen molar-refractivity contribution in [2.45, 2.75) is 52.0 Å². The third-order valence-electron chi connectivity index (χ3n) is 7.09. The zero-order valence-corrected chi connectivity index (χ0v) is 20.5. The van der Waals surface area contributed by atoms with Gasteiger partial charge in [-0.3, -0.25) is 0 Å². The minimum absolute atomic E-state index is 0.163. The number of aromatic nitrogens is 1. The van der Waals surface area contributed by atoms with Gasteiger partial charge in [-0.05, 0) is 76.0 Å². The SMILES string of the molecule is CCN1CCC(CCOc2ccc(C3=NC(C#N)N(C)c4c3ccn4CC)cc2C(F)(F)F)CC1. The van der Waals surface area contributed by atoms with Crippen LogP contribution in [-0.2, 0) is 12.7 Å². The summed E-state index contributed by atoms with van der Waals surface area (Å²) < 4.78 is 49.7. The van der Waals surface area contributed by atoms with Crippen molar-refractivity contribution in [3.8, 4) is 11.8 Å². The first-order valence-electron chi connectivity index (χ1n) is 12.2. The minimum atomic E-state index is -4.57. The number of likely N-dealkylation sites (tertiary alicyclic amines) is 1. The number of aryl methyl sites for hydroxylation is 1. The summed E-state index contributed by atoms with van der Waals surface area (Å²) in [5.41, 5.74) is 0.597. The predicted octanol–water partition coefficient (Wildman–Crippen LogP) is 5.16. The molecule has 35 heavy (non-hydrogen) atoms. The number of ether oxygens (including phenoxy) is 1. The molecule has 3 heterocycles. The maximum Gasteiger partial charge on any atom is 0.419 e. The number of piperidine rings is 1. The van der Waals surface area contributed by atoms with Crippen molar-refractivity contribution in [2.24, 2.45) is 10.9 Å². The van der Waals surface area contributed by atoms with Gasteiger partial charge in [0, 0.05) is 30.9 Å². The lowest BCUT2D eigenvalue weighted by molar-refractivity contribution is -0.139. The van der Waals surface area contributed by atoms with Crippen LogP contribution in [0, 0.1) is 17.2 Å². The number of alkyl halides is 3. The van der Waals surface area contributed by atoms with Crippen LogP contribution in [0.3, 0.4) is 0 Å². The molecule has 1 atom stereocenters. The number of anilines is 1. The highest BCUT2D eigenvalue weighted by molar-refractivity contribution is 6.17. The highest BCUT2D eigenvalue weighted by atomic mass is 19.4. The minimum Gasteiger partial charge on any atom is -0.493 e. The molecule has 188 valence electrons. The average molecular weight is 488 g/mol. The van der Waals surface area contributed by atoms with E-state index in [-0.39, 0.29) is 12.4 Å². The van der Waals surface area contributed by atoms with Gasteiger partial charge in [0.15, 0.2) is 0 Å². The first-order valence-corrected chi connectivity index (χ1v) is 12.2. The van der Waals surface area contributed by atoms with E-state index in [9.17, 15) is 18.4 Å². The summed E-state index contributed by atoms with van der Waals surface area (Å²) in [7, 11) is 1.77. The Kier molecular flexibility index (Phi) is 7.41. The maximum atomic E-state index is 14.0. The molecule has 0 amide bonds. The molecule has 1 fully saturated rings. The number of nitriles is 1. The predicted molar refractivity (Wildman–Crippen MR) is 130 cm³/mol. The van der Waals surface area contributed by atoms with Gasteiger partial charge in [-0.1, -0.05) is 6.92 Å². The number of aliphatic imine (C=N–C) groups is 1. The Balaban J connectivity index is 1.58. The summed E-state index contributed by atoms with van der Waals surface area (Å²) in [4.78, 5) is 8.62. The smallest absolute Gasteiger partial charge is 0.419 e. The lowest BCUT2D eigenvalue weighted by atomic mass is 9.94. The Morgan fingerprint density at radius 2 is 1.89 bits per heavy atom. The van der Waals surface area contributed by atoms with Crippen LogP contribution in [0.5, 0.6) is 5.75 Å². The Labute approximate surface area is 204 Å². The van der Waals surface area contributed by atoms with Crippen LogP contribution in [0.1, 0.15) is 49.8 Å². The summed E-state index contributed by atoms with van der Waals surface area (Å²) >= 11 is 0. The van der Waals surface area contributed by atoms with Crippen LogP contribution in [0.15, 0.2) is 35.5 Å². The maximum absolute atomic E-state index is 14.0. The van der Waals surface area contributed by atoms with E-state index in [1.54, 1.807) is 18.0 Å². The van der Waals surface area contributed by atoms with E-state index >= 15 is 0 Å².